The molecular formula is C20H17N3O. The summed E-state index contributed by atoms with van der Waals surface area (Å²) in [5.74, 6) is 0.542. The lowest BCUT2D eigenvalue weighted by Crippen LogP contribution is -2.24. The number of rotatable bonds is 4. The summed E-state index contributed by atoms with van der Waals surface area (Å²) >= 11 is 0. The summed E-state index contributed by atoms with van der Waals surface area (Å²) in [6.07, 6.45) is 3.09. The van der Waals surface area contributed by atoms with Crippen molar-refractivity contribution in [1.82, 2.24) is 4.98 Å². The number of aromatic nitrogens is 1. The molecule has 1 aliphatic carbocycles. The molecule has 2 aromatic rings. The van der Waals surface area contributed by atoms with Gasteiger partial charge in [-0.15, -0.1) is 0 Å². The van der Waals surface area contributed by atoms with E-state index < -0.39 is 5.41 Å². The first-order chi connectivity index (χ1) is 11.7. The summed E-state index contributed by atoms with van der Waals surface area (Å²) in [6.45, 7) is 6.34. The van der Waals surface area contributed by atoms with Crippen molar-refractivity contribution in [3.8, 4) is 12.1 Å². The lowest BCUT2D eigenvalue weighted by Gasteiger charge is -2.24. The van der Waals surface area contributed by atoms with Gasteiger partial charge in [0.15, 0.2) is 0 Å². The van der Waals surface area contributed by atoms with Gasteiger partial charge in [-0.25, -0.2) is 0 Å². The fraction of sp³-hybridized carbons (Fsp3) is 0.250. The van der Waals surface area contributed by atoms with Crippen LogP contribution in [0, 0.1) is 22.7 Å². The van der Waals surface area contributed by atoms with Crippen molar-refractivity contribution in [1.29, 1.82) is 10.5 Å². The minimum absolute atomic E-state index is 0.501. The molecule has 4 heteroatoms. The van der Waals surface area contributed by atoms with Crippen LogP contribution in [0.25, 0.3) is 5.76 Å². The average molecular weight is 315 g/mol. The van der Waals surface area contributed by atoms with Gasteiger partial charge in [-0.05, 0) is 55.2 Å². The van der Waals surface area contributed by atoms with Gasteiger partial charge in [-0.2, -0.15) is 10.5 Å². The van der Waals surface area contributed by atoms with E-state index in [-0.39, 0.29) is 0 Å². The number of pyridine rings is 1. The Labute approximate surface area is 141 Å². The second-order valence-corrected chi connectivity index (χ2v) is 5.74. The van der Waals surface area contributed by atoms with Crippen molar-refractivity contribution < 1.29 is 4.74 Å². The molecule has 4 nitrogen and oxygen atoms in total. The molecule has 0 aliphatic heterocycles. The van der Waals surface area contributed by atoms with Crippen LogP contribution < -0.4 is 0 Å². The molecule has 1 aromatic carbocycles. The molecular weight excluding hydrogens is 298 g/mol. The summed E-state index contributed by atoms with van der Waals surface area (Å²) in [7, 11) is 0. The number of nitriles is 2. The minimum atomic E-state index is -0.850. The second-order valence-electron chi connectivity index (χ2n) is 5.74. The highest BCUT2D eigenvalue weighted by Crippen LogP contribution is 2.44. The number of aryl methyl sites for hydroxylation is 1. The third-order valence-corrected chi connectivity index (χ3v) is 4.52. The summed E-state index contributed by atoms with van der Waals surface area (Å²) in [5, 5.41) is 19.6. The second kappa shape index (κ2) is 6.18. The maximum atomic E-state index is 10.0. The first-order valence-corrected chi connectivity index (χ1v) is 7.88. The van der Waals surface area contributed by atoms with Crippen LogP contribution in [0.4, 0.5) is 0 Å². The van der Waals surface area contributed by atoms with Gasteiger partial charge in [0.1, 0.15) is 11.2 Å². The van der Waals surface area contributed by atoms with E-state index in [2.05, 4.69) is 23.7 Å². The van der Waals surface area contributed by atoms with Crippen molar-refractivity contribution in [2.45, 2.75) is 25.2 Å². The number of hydrogen-bond acceptors (Lipinski definition) is 4. The van der Waals surface area contributed by atoms with E-state index >= 15 is 0 Å². The fourth-order valence-corrected chi connectivity index (χ4v) is 3.35. The largest absolute Gasteiger partial charge is 0.494 e. The molecule has 118 valence electrons. The average Bonchev–Trinajstić information content (AvgIpc) is 3.01. The van der Waals surface area contributed by atoms with Crippen LogP contribution in [0.5, 0.6) is 0 Å². The van der Waals surface area contributed by atoms with Crippen molar-refractivity contribution >= 4 is 5.76 Å². The Morgan fingerprint density at radius 3 is 2.88 bits per heavy atom. The Kier molecular flexibility index (Phi) is 4.06. The fourth-order valence-electron chi connectivity index (χ4n) is 3.35. The number of ether oxygens (including phenoxy) is 1. The zero-order valence-electron chi connectivity index (χ0n) is 13.5. The van der Waals surface area contributed by atoms with Crippen LogP contribution in [0.1, 0.15) is 41.3 Å². The van der Waals surface area contributed by atoms with Crippen LogP contribution >= 0.6 is 0 Å². The van der Waals surface area contributed by atoms with Crippen molar-refractivity contribution in [3.05, 3.63) is 71.1 Å². The molecule has 1 atom stereocenters. The highest BCUT2D eigenvalue weighted by molar-refractivity contribution is 5.64. The van der Waals surface area contributed by atoms with Crippen molar-refractivity contribution in [2.75, 3.05) is 6.61 Å². The van der Waals surface area contributed by atoms with E-state index in [9.17, 15) is 10.5 Å². The first-order valence-electron chi connectivity index (χ1n) is 7.88. The maximum Gasteiger partial charge on any atom is 0.119 e. The molecule has 0 N–H and O–H groups in total. The third-order valence-electron chi connectivity index (χ3n) is 4.52. The Bertz CT molecular complexity index is 888. The lowest BCUT2D eigenvalue weighted by molar-refractivity contribution is 0.299. The summed E-state index contributed by atoms with van der Waals surface area (Å²) in [5.41, 5.74) is 2.97. The predicted octanol–water partition coefficient (Wildman–Crippen LogP) is 3.72. The molecule has 3 rings (SSSR count). The molecule has 1 heterocycles. The van der Waals surface area contributed by atoms with E-state index in [0.717, 1.165) is 23.2 Å². The molecule has 0 spiro atoms. The van der Waals surface area contributed by atoms with Crippen LogP contribution in [0.15, 0.2) is 43.1 Å². The zero-order chi connectivity index (χ0) is 17.2. The smallest absolute Gasteiger partial charge is 0.119 e. The third kappa shape index (κ3) is 2.33. The molecule has 24 heavy (non-hydrogen) atoms. The number of nitrogens with zero attached hydrogens (tertiary/aromatic N) is 3. The van der Waals surface area contributed by atoms with Gasteiger partial charge < -0.3 is 4.74 Å². The standard InChI is InChI=1S/C20H17N3O/c1-3-24-14(2)15-6-7-16(12-21)18(11-15)20(13-22)9-8-19-17(20)5-4-10-23-19/h4-7,10-11H,2-3,8-9H2,1H3. The van der Waals surface area contributed by atoms with Gasteiger partial charge >= 0.3 is 0 Å². The maximum absolute atomic E-state index is 10.0. The number of benzene rings is 1. The molecule has 0 saturated heterocycles. The molecule has 0 bridgehead atoms. The van der Waals surface area contributed by atoms with Gasteiger partial charge in [0.05, 0.1) is 24.3 Å². The van der Waals surface area contributed by atoms with Crippen molar-refractivity contribution in [2.24, 2.45) is 0 Å². The highest BCUT2D eigenvalue weighted by Gasteiger charge is 2.43. The van der Waals surface area contributed by atoms with E-state index in [1.165, 1.54) is 0 Å². The molecule has 1 aliphatic rings. The molecule has 1 aromatic heterocycles. The van der Waals surface area contributed by atoms with Gasteiger partial charge in [0, 0.05) is 17.5 Å². The Balaban J connectivity index is 2.21. The number of fused-ring (bicyclic) bond motifs is 1. The highest BCUT2D eigenvalue weighted by atomic mass is 16.5. The zero-order valence-corrected chi connectivity index (χ0v) is 13.5. The SMILES string of the molecule is C=C(OCC)c1ccc(C#N)c(C2(C#N)CCc3ncccc32)c1. The summed E-state index contributed by atoms with van der Waals surface area (Å²) in [4.78, 5) is 4.39. The van der Waals surface area contributed by atoms with E-state index in [1.54, 1.807) is 12.3 Å². The Morgan fingerprint density at radius 1 is 1.33 bits per heavy atom. The molecule has 0 amide bonds. The summed E-state index contributed by atoms with van der Waals surface area (Å²) < 4.78 is 5.48. The monoisotopic (exact) mass is 315 g/mol. The van der Waals surface area contributed by atoms with Crippen LogP contribution in [-0.4, -0.2) is 11.6 Å². The predicted molar refractivity (Wildman–Crippen MR) is 90.8 cm³/mol. The molecule has 0 saturated carbocycles. The van der Waals surface area contributed by atoms with E-state index in [4.69, 9.17) is 4.74 Å². The molecule has 0 radical (unpaired) electrons. The van der Waals surface area contributed by atoms with E-state index in [1.807, 2.05) is 31.2 Å². The van der Waals surface area contributed by atoms with Gasteiger partial charge in [-0.3, -0.25) is 4.98 Å². The van der Waals surface area contributed by atoms with Crippen LogP contribution in [0.3, 0.4) is 0 Å². The van der Waals surface area contributed by atoms with E-state index in [0.29, 0.717) is 29.9 Å². The molecule has 0 fully saturated rings. The van der Waals surface area contributed by atoms with Gasteiger partial charge in [0.25, 0.3) is 0 Å². The quantitative estimate of drug-likeness (QED) is 0.806. The topological polar surface area (TPSA) is 69.7 Å². The molecule has 1 unspecified atom stereocenters. The Hall–Kier alpha value is -3.11. The number of hydrogen-bond donors (Lipinski definition) is 0. The normalized spacial score (nSPS) is 18.3. The van der Waals surface area contributed by atoms with Crippen LogP contribution in [0.2, 0.25) is 0 Å². The minimum Gasteiger partial charge on any atom is -0.494 e. The van der Waals surface area contributed by atoms with Gasteiger partial charge in [0.2, 0.25) is 0 Å². The van der Waals surface area contributed by atoms with Crippen LogP contribution in [-0.2, 0) is 16.6 Å². The summed E-state index contributed by atoms with van der Waals surface area (Å²) in [6, 6.07) is 13.9. The Morgan fingerprint density at radius 2 is 2.17 bits per heavy atom. The lowest BCUT2D eigenvalue weighted by atomic mass is 9.74. The van der Waals surface area contributed by atoms with Crippen molar-refractivity contribution in [3.63, 3.8) is 0 Å². The first kappa shape index (κ1) is 15.8. The van der Waals surface area contributed by atoms with Gasteiger partial charge in [-0.1, -0.05) is 12.6 Å².